The summed E-state index contributed by atoms with van der Waals surface area (Å²) in [7, 11) is -5.40. The summed E-state index contributed by atoms with van der Waals surface area (Å²) < 4.78 is 61.3. The van der Waals surface area contributed by atoms with Crippen molar-refractivity contribution in [2.75, 3.05) is 30.7 Å². The van der Waals surface area contributed by atoms with Crippen LogP contribution in [0.4, 0.5) is 14.5 Å². The normalized spacial score (nSPS) is 18.9. The Kier molecular flexibility index (Phi) is 7.93. The van der Waals surface area contributed by atoms with E-state index in [1.165, 1.54) is 6.07 Å². The second-order valence-electron chi connectivity index (χ2n) is 7.64. The highest BCUT2D eigenvalue weighted by Gasteiger charge is 2.37. The minimum Gasteiger partial charge on any atom is -0.360 e. The zero-order valence-electron chi connectivity index (χ0n) is 15.5. The molecule has 0 bridgehead atoms. The molecular weight excluding hydrogens is 529 g/mol. The van der Waals surface area contributed by atoms with Crippen molar-refractivity contribution in [2.24, 2.45) is 0 Å². The van der Waals surface area contributed by atoms with Crippen LogP contribution in [0.2, 0.25) is 30.7 Å². The van der Waals surface area contributed by atoms with Crippen LogP contribution in [-0.4, -0.2) is 53.4 Å². The van der Waals surface area contributed by atoms with E-state index in [9.17, 15) is 17.2 Å². The lowest BCUT2D eigenvalue weighted by molar-refractivity contribution is 0.155. The highest BCUT2D eigenvalue weighted by Crippen LogP contribution is 2.35. The SMILES string of the molecule is C[Si](C)(C)CCOCN(c1ccc(F)c(I)c1Cl)S(=O)(=O)N1CC[C@@H](F)C1. The average molecular weight is 553 g/mol. The molecule has 1 saturated heterocycles. The van der Waals surface area contributed by atoms with Crippen LogP contribution in [-0.2, 0) is 14.9 Å². The van der Waals surface area contributed by atoms with E-state index in [1.807, 2.05) is 0 Å². The van der Waals surface area contributed by atoms with E-state index in [0.717, 1.165) is 20.7 Å². The van der Waals surface area contributed by atoms with Gasteiger partial charge < -0.3 is 4.74 Å². The predicted molar refractivity (Wildman–Crippen MR) is 116 cm³/mol. The largest absolute Gasteiger partial charge is 0.360 e. The van der Waals surface area contributed by atoms with E-state index in [0.29, 0.717) is 6.61 Å². The molecule has 0 N–H and O–H groups in total. The molecule has 11 heteroatoms. The molecule has 0 radical (unpaired) electrons. The molecule has 2 rings (SSSR count). The van der Waals surface area contributed by atoms with E-state index >= 15 is 0 Å². The molecule has 1 aromatic carbocycles. The fraction of sp³-hybridized carbons (Fsp3) is 0.625. The molecule has 0 spiro atoms. The van der Waals surface area contributed by atoms with Gasteiger partial charge in [0.25, 0.3) is 0 Å². The number of halogens is 4. The number of benzene rings is 1. The highest BCUT2D eigenvalue weighted by molar-refractivity contribution is 14.1. The summed E-state index contributed by atoms with van der Waals surface area (Å²) in [5.74, 6) is -0.536. The third kappa shape index (κ3) is 5.98. The maximum absolute atomic E-state index is 13.8. The van der Waals surface area contributed by atoms with Gasteiger partial charge in [0.15, 0.2) is 0 Å². The van der Waals surface area contributed by atoms with Crippen molar-refractivity contribution < 1.29 is 21.9 Å². The number of rotatable bonds is 8. The number of ether oxygens (including phenoxy) is 1. The molecule has 154 valence electrons. The molecule has 0 aliphatic carbocycles. The van der Waals surface area contributed by atoms with E-state index in [1.54, 1.807) is 22.6 Å². The standard InChI is InChI=1S/C16H24ClF2IN2O3SSi/c1-27(2,3)9-8-25-11-22(14-5-4-13(19)16(20)15(14)17)26(23,24)21-7-6-12(18)10-21/h4-5,12H,6-11H2,1-3H3/t12-/m1/s1. The van der Waals surface area contributed by atoms with Crippen LogP contribution in [0, 0.1) is 9.39 Å². The van der Waals surface area contributed by atoms with Gasteiger partial charge in [-0.15, -0.1) is 0 Å². The lowest BCUT2D eigenvalue weighted by Gasteiger charge is -2.30. The van der Waals surface area contributed by atoms with Crippen molar-refractivity contribution in [1.82, 2.24) is 4.31 Å². The van der Waals surface area contributed by atoms with Crippen molar-refractivity contribution in [2.45, 2.75) is 38.3 Å². The fourth-order valence-corrected chi connectivity index (χ4v) is 5.62. The van der Waals surface area contributed by atoms with Gasteiger partial charge in [-0.05, 0) is 47.2 Å². The summed E-state index contributed by atoms with van der Waals surface area (Å²) in [6.45, 7) is 6.60. The average Bonchev–Trinajstić information content (AvgIpc) is 3.00. The van der Waals surface area contributed by atoms with Gasteiger partial charge in [0.05, 0.1) is 14.3 Å². The third-order valence-electron chi connectivity index (χ3n) is 4.19. The monoisotopic (exact) mass is 552 g/mol. The molecule has 0 aromatic heterocycles. The van der Waals surface area contributed by atoms with E-state index in [4.69, 9.17) is 16.3 Å². The van der Waals surface area contributed by atoms with Crippen molar-refractivity contribution in [3.63, 3.8) is 0 Å². The van der Waals surface area contributed by atoms with E-state index in [2.05, 4.69) is 19.6 Å². The molecule has 1 aromatic rings. The molecule has 0 saturated carbocycles. The third-order valence-corrected chi connectivity index (χ3v) is 9.49. The minimum absolute atomic E-state index is 0.0102. The zero-order chi connectivity index (χ0) is 20.4. The molecule has 0 unspecified atom stereocenters. The summed E-state index contributed by atoms with van der Waals surface area (Å²) in [5, 5.41) is -0.0102. The summed E-state index contributed by atoms with van der Waals surface area (Å²) in [5.41, 5.74) is 0.123. The van der Waals surface area contributed by atoms with Gasteiger partial charge in [0, 0.05) is 27.8 Å². The molecule has 1 aliphatic rings. The van der Waals surface area contributed by atoms with Crippen LogP contribution in [0.25, 0.3) is 0 Å². The molecule has 1 heterocycles. The Morgan fingerprint density at radius 3 is 2.63 bits per heavy atom. The van der Waals surface area contributed by atoms with Gasteiger partial charge in [-0.1, -0.05) is 31.2 Å². The van der Waals surface area contributed by atoms with Gasteiger partial charge in [-0.25, -0.2) is 13.1 Å². The quantitative estimate of drug-likeness (QED) is 0.157. The summed E-state index contributed by atoms with van der Waals surface area (Å²) in [4.78, 5) is 0. The first-order chi connectivity index (χ1) is 12.4. The first-order valence-corrected chi connectivity index (χ1v) is 15.1. The predicted octanol–water partition coefficient (Wildman–Crippen LogP) is 4.49. The Morgan fingerprint density at radius 2 is 2.07 bits per heavy atom. The van der Waals surface area contributed by atoms with Crippen LogP contribution in [0.5, 0.6) is 0 Å². The van der Waals surface area contributed by atoms with Crippen LogP contribution < -0.4 is 4.31 Å². The Bertz CT molecular complexity index is 780. The Labute approximate surface area is 179 Å². The number of hydrogen-bond donors (Lipinski definition) is 0. The number of anilines is 1. The topological polar surface area (TPSA) is 49.9 Å². The number of alkyl halides is 1. The van der Waals surface area contributed by atoms with Crippen LogP contribution >= 0.6 is 34.2 Å². The molecule has 1 atom stereocenters. The highest BCUT2D eigenvalue weighted by atomic mass is 127. The molecule has 1 aliphatic heterocycles. The Morgan fingerprint density at radius 1 is 1.41 bits per heavy atom. The summed E-state index contributed by atoms with van der Waals surface area (Å²) in [6.07, 6.45) is -1.05. The molecule has 5 nitrogen and oxygen atoms in total. The van der Waals surface area contributed by atoms with Crippen LogP contribution in [0.3, 0.4) is 0 Å². The lowest BCUT2D eigenvalue weighted by atomic mass is 10.3. The second-order valence-corrected chi connectivity index (χ2v) is 16.6. The number of nitrogens with zero attached hydrogens (tertiary/aromatic N) is 2. The molecule has 1 fully saturated rings. The second kappa shape index (κ2) is 9.20. The summed E-state index contributed by atoms with van der Waals surface area (Å²) >= 11 is 7.95. The lowest BCUT2D eigenvalue weighted by Crippen LogP contribution is -2.44. The Balaban J connectivity index is 2.30. The van der Waals surface area contributed by atoms with Crippen LogP contribution in [0.1, 0.15) is 6.42 Å². The van der Waals surface area contributed by atoms with Gasteiger partial charge in [0.1, 0.15) is 18.7 Å². The van der Waals surface area contributed by atoms with Gasteiger partial charge in [-0.3, -0.25) is 0 Å². The van der Waals surface area contributed by atoms with E-state index < -0.39 is 30.3 Å². The van der Waals surface area contributed by atoms with E-state index in [-0.39, 0.29) is 40.5 Å². The van der Waals surface area contributed by atoms with Crippen LogP contribution in [0.15, 0.2) is 12.1 Å². The first kappa shape index (κ1) is 23.3. The van der Waals surface area contributed by atoms with Gasteiger partial charge >= 0.3 is 10.2 Å². The molecular formula is C16H24ClF2IN2O3SSi. The maximum atomic E-state index is 13.8. The smallest absolute Gasteiger partial charge is 0.306 e. The fourth-order valence-electron chi connectivity index (χ4n) is 2.53. The minimum atomic E-state index is -4.05. The van der Waals surface area contributed by atoms with Gasteiger partial charge in [0.2, 0.25) is 0 Å². The van der Waals surface area contributed by atoms with Crippen molar-refractivity contribution in [3.05, 3.63) is 26.5 Å². The zero-order valence-corrected chi connectivity index (χ0v) is 20.2. The van der Waals surface area contributed by atoms with Crippen molar-refractivity contribution >= 4 is 58.2 Å². The summed E-state index contributed by atoms with van der Waals surface area (Å²) in [6, 6.07) is 3.34. The molecule has 27 heavy (non-hydrogen) atoms. The van der Waals surface area contributed by atoms with Crippen molar-refractivity contribution in [1.29, 1.82) is 0 Å². The molecule has 0 amide bonds. The first-order valence-electron chi connectivity index (χ1n) is 8.56. The number of hydrogen-bond acceptors (Lipinski definition) is 3. The van der Waals surface area contributed by atoms with Crippen molar-refractivity contribution in [3.8, 4) is 0 Å². The maximum Gasteiger partial charge on any atom is 0.306 e. The van der Waals surface area contributed by atoms with Gasteiger partial charge in [-0.2, -0.15) is 12.7 Å². The Hall–Kier alpha value is -0.0131.